The van der Waals surface area contributed by atoms with Crippen molar-refractivity contribution in [3.05, 3.63) is 60.5 Å². The molecule has 5 nitrogen and oxygen atoms in total. The summed E-state index contributed by atoms with van der Waals surface area (Å²) in [5.41, 5.74) is 7.10. The summed E-state index contributed by atoms with van der Waals surface area (Å²) < 4.78 is 0. The molecule has 19 heavy (non-hydrogen) atoms. The molecule has 0 aromatic carbocycles. The molecule has 0 aliphatic rings. The first-order valence-corrected chi connectivity index (χ1v) is 6.04. The van der Waals surface area contributed by atoms with Crippen LogP contribution in [0.5, 0.6) is 0 Å². The van der Waals surface area contributed by atoms with Crippen LogP contribution < -0.4 is 16.4 Å². The van der Waals surface area contributed by atoms with E-state index in [2.05, 4.69) is 22.2 Å². The van der Waals surface area contributed by atoms with Crippen LogP contribution in [-0.4, -0.2) is 23.7 Å². The Labute approximate surface area is 113 Å². The number of aromatic nitrogens is 1. The summed E-state index contributed by atoms with van der Waals surface area (Å²) >= 11 is 0. The molecule has 1 atom stereocenters. The van der Waals surface area contributed by atoms with Crippen molar-refractivity contribution in [2.45, 2.75) is 13.2 Å². The second kappa shape index (κ2) is 8.07. The average Bonchev–Trinajstić information content (AvgIpc) is 2.90. The van der Waals surface area contributed by atoms with Crippen LogP contribution in [0.3, 0.4) is 0 Å². The lowest BCUT2D eigenvalue weighted by molar-refractivity contribution is 0.0927. The van der Waals surface area contributed by atoms with Crippen molar-refractivity contribution >= 4 is 5.91 Å². The number of nitrogens with one attached hydrogen (secondary N) is 3. The van der Waals surface area contributed by atoms with Crippen LogP contribution in [0.25, 0.3) is 0 Å². The highest BCUT2D eigenvalue weighted by atomic mass is 16.2. The van der Waals surface area contributed by atoms with Crippen molar-refractivity contribution in [3.63, 3.8) is 0 Å². The van der Waals surface area contributed by atoms with Gasteiger partial charge in [-0.2, -0.15) is 0 Å². The van der Waals surface area contributed by atoms with Gasteiger partial charge in [0.05, 0.1) is 0 Å². The fraction of sp³-hybridized carbons (Fsp3) is 0.214. The van der Waals surface area contributed by atoms with Gasteiger partial charge in [-0.15, -0.1) is 0 Å². The molecule has 1 amide bonds. The summed E-state index contributed by atoms with van der Waals surface area (Å²) in [6.45, 7) is 6.31. The zero-order chi connectivity index (χ0) is 14.1. The number of carbonyl (C=O) groups is 1. The highest BCUT2D eigenvalue weighted by Crippen LogP contribution is 1.94. The van der Waals surface area contributed by atoms with Gasteiger partial charge in [0.25, 0.3) is 5.91 Å². The molecule has 0 saturated carbocycles. The van der Waals surface area contributed by atoms with E-state index in [-0.39, 0.29) is 5.91 Å². The van der Waals surface area contributed by atoms with E-state index in [0.29, 0.717) is 12.2 Å². The van der Waals surface area contributed by atoms with E-state index in [1.54, 1.807) is 18.3 Å². The first kappa shape index (κ1) is 14.9. The fourth-order valence-electron chi connectivity index (χ4n) is 1.34. The third kappa shape index (κ3) is 5.85. The van der Waals surface area contributed by atoms with E-state index in [9.17, 15) is 4.79 Å². The molecular formula is C14H20N4O. The number of carbonyl (C=O) groups excluding carboxylic acids is 1. The number of hydrogen-bond donors (Lipinski definition) is 4. The zero-order valence-corrected chi connectivity index (χ0v) is 11.0. The molecule has 0 saturated heterocycles. The number of H-pyrrole nitrogens is 1. The van der Waals surface area contributed by atoms with Gasteiger partial charge in [-0.05, 0) is 24.6 Å². The number of amides is 1. The van der Waals surface area contributed by atoms with Gasteiger partial charge in [0, 0.05) is 12.7 Å². The monoisotopic (exact) mass is 260 g/mol. The van der Waals surface area contributed by atoms with Crippen LogP contribution in [0.15, 0.2) is 54.8 Å². The fourth-order valence-corrected chi connectivity index (χ4v) is 1.34. The summed E-state index contributed by atoms with van der Waals surface area (Å²) in [7, 11) is 0. The maximum absolute atomic E-state index is 11.7. The largest absolute Gasteiger partial charge is 0.357 e. The number of hydrogen-bond acceptors (Lipinski definition) is 3. The highest BCUT2D eigenvalue weighted by molar-refractivity contribution is 5.92. The molecule has 1 heterocycles. The van der Waals surface area contributed by atoms with Gasteiger partial charge in [-0.25, -0.2) is 0 Å². The molecule has 102 valence electrons. The van der Waals surface area contributed by atoms with E-state index >= 15 is 0 Å². The van der Waals surface area contributed by atoms with E-state index in [1.165, 1.54) is 0 Å². The van der Waals surface area contributed by atoms with E-state index in [0.717, 1.165) is 5.57 Å². The predicted molar refractivity (Wildman–Crippen MR) is 77.3 cm³/mol. The molecule has 1 rings (SSSR count). The van der Waals surface area contributed by atoms with Gasteiger partial charge in [0.2, 0.25) is 0 Å². The normalized spacial score (nSPS) is 12.9. The molecule has 0 aliphatic heterocycles. The van der Waals surface area contributed by atoms with Crippen LogP contribution in [0.4, 0.5) is 0 Å². The highest BCUT2D eigenvalue weighted by Gasteiger charge is 2.09. The Bertz CT molecular complexity index is 460. The number of nitrogens with two attached hydrogens (primary N) is 1. The summed E-state index contributed by atoms with van der Waals surface area (Å²) in [4.78, 5) is 14.5. The molecular weight excluding hydrogens is 240 g/mol. The molecule has 0 radical (unpaired) electrons. The summed E-state index contributed by atoms with van der Waals surface area (Å²) in [5, 5.41) is 5.58. The Kier molecular flexibility index (Phi) is 6.35. The van der Waals surface area contributed by atoms with E-state index in [4.69, 9.17) is 5.73 Å². The Hall–Kier alpha value is -2.11. The molecule has 1 aromatic heterocycles. The van der Waals surface area contributed by atoms with Crippen LogP contribution in [0.1, 0.15) is 17.4 Å². The standard InChI is InChI=1S/C14H20N4O/c1-3-4-5-7-11(2)10-17-14(15)18-13(19)12-8-6-9-16-12/h3-9,14,16-17H,2,10,15H2,1H3,(H,18,19)/b4-3-,7-5-. The minimum atomic E-state index is -0.623. The van der Waals surface area contributed by atoms with Gasteiger partial charge >= 0.3 is 0 Å². The van der Waals surface area contributed by atoms with Crippen molar-refractivity contribution in [2.24, 2.45) is 5.73 Å². The van der Waals surface area contributed by atoms with Gasteiger partial charge in [0.1, 0.15) is 12.0 Å². The van der Waals surface area contributed by atoms with Gasteiger partial charge in [0.15, 0.2) is 0 Å². The lowest BCUT2D eigenvalue weighted by Crippen LogP contribution is -2.52. The first-order chi connectivity index (χ1) is 9.13. The smallest absolute Gasteiger partial charge is 0.269 e. The molecule has 1 aromatic rings. The van der Waals surface area contributed by atoms with Gasteiger partial charge in [-0.3, -0.25) is 15.8 Å². The number of allylic oxidation sites excluding steroid dienone is 3. The summed E-state index contributed by atoms with van der Waals surface area (Å²) in [6, 6.07) is 3.43. The van der Waals surface area contributed by atoms with E-state index in [1.807, 2.05) is 31.2 Å². The lowest BCUT2D eigenvalue weighted by atomic mass is 10.2. The van der Waals surface area contributed by atoms with Gasteiger partial charge in [-0.1, -0.05) is 30.9 Å². The maximum Gasteiger partial charge on any atom is 0.269 e. The second-order valence-corrected chi connectivity index (χ2v) is 3.96. The quantitative estimate of drug-likeness (QED) is 0.440. The molecule has 0 bridgehead atoms. The Balaban J connectivity index is 2.30. The Morgan fingerprint density at radius 1 is 1.58 bits per heavy atom. The third-order valence-electron chi connectivity index (χ3n) is 2.31. The third-order valence-corrected chi connectivity index (χ3v) is 2.31. The van der Waals surface area contributed by atoms with Crippen molar-refractivity contribution in [1.82, 2.24) is 15.6 Å². The molecule has 0 aliphatic carbocycles. The van der Waals surface area contributed by atoms with Crippen molar-refractivity contribution in [1.29, 1.82) is 0 Å². The maximum atomic E-state index is 11.7. The van der Waals surface area contributed by atoms with Gasteiger partial charge < -0.3 is 10.3 Å². The van der Waals surface area contributed by atoms with Crippen molar-refractivity contribution in [3.8, 4) is 0 Å². The Morgan fingerprint density at radius 3 is 3.00 bits per heavy atom. The topological polar surface area (TPSA) is 82.9 Å². The van der Waals surface area contributed by atoms with E-state index < -0.39 is 6.29 Å². The number of aromatic amines is 1. The average molecular weight is 260 g/mol. The van der Waals surface area contributed by atoms with Crippen LogP contribution in [0, 0.1) is 0 Å². The van der Waals surface area contributed by atoms with Crippen LogP contribution in [-0.2, 0) is 0 Å². The molecule has 0 spiro atoms. The Morgan fingerprint density at radius 2 is 2.37 bits per heavy atom. The second-order valence-electron chi connectivity index (χ2n) is 3.96. The molecule has 5 heteroatoms. The molecule has 0 fully saturated rings. The SMILES string of the molecule is C=C(/C=C\C=C/C)CNC(N)NC(=O)c1ccc[nH]1. The predicted octanol–water partition coefficient (Wildman–Crippen LogP) is 1.26. The van der Waals surface area contributed by atoms with Crippen molar-refractivity contribution < 1.29 is 4.79 Å². The van der Waals surface area contributed by atoms with Crippen molar-refractivity contribution in [2.75, 3.05) is 6.54 Å². The first-order valence-electron chi connectivity index (χ1n) is 6.04. The number of rotatable bonds is 7. The minimum absolute atomic E-state index is 0.250. The molecule has 1 unspecified atom stereocenters. The molecule has 5 N–H and O–H groups in total. The summed E-state index contributed by atoms with van der Waals surface area (Å²) in [5.74, 6) is -0.250. The minimum Gasteiger partial charge on any atom is -0.357 e. The van der Waals surface area contributed by atoms with Crippen LogP contribution >= 0.6 is 0 Å². The zero-order valence-electron chi connectivity index (χ0n) is 11.0. The summed E-state index contributed by atoms with van der Waals surface area (Å²) in [6.07, 6.45) is 8.68. The van der Waals surface area contributed by atoms with Crippen LogP contribution in [0.2, 0.25) is 0 Å². The lowest BCUT2D eigenvalue weighted by Gasteiger charge is -2.15.